The van der Waals surface area contributed by atoms with E-state index in [-0.39, 0.29) is 29.8 Å². The van der Waals surface area contributed by atoms with E-state index in [0.717, 1.165) is 12.8 Å². The molecule has 1 rings (SSSR count). The summed E-state index contributed by atoms with van der Waals surface area (Å²) < 4.78 is 0. The summed E-state index contributed by atoms with van der Waals surface area (Å²) in [7, 11) is 0. The van der Waals surface area contributed by atoms with Gasteiger partial charge in [0, 0.05) is 13.2 Å². The second-order valence-electron chi connectivity index (χ2n) is 6.89. The van der Waals surface area contributed by atoms with E-state index in [1.54, 1.807) is 6.07 Å². The van der Waals surface area contributed by atoms with Gasteiger partial charge in [-0.3, -0.25) is 9.59 Å². The molecule has 0 aliphatic heterocycles. The average molecular weight is 340 g/mol. The molecule has 0 fully saturated rings. The maximum atomic E-state index is 12.3. The maximum Gasteiger partial charge on any atom is 0.262 e. The molecule has 0 spiro atoms. The zero-order valence-corrected chi connectivity index (χ0v) is 15.2. The zero-order valence-electron chi connectivity index (χ0n) is 14.4. The largest absolute Gasteiger partial charge is 0.396 e. The molecule has 1 heterocycles. The highest BCUT2D eigenvalue weighted by atomic mass is 32.1. The van der Waals surface area contributed by atoms with E-state index in [2.05, 4.69) is 10.6 Å². The number of hydrogen-bond donors (Lipinski definition) is 3. The van der Waals surface area contributed by atoms with E-state index in [1.807, 2.05) is 39.1 Å². The minimum atomic E-state index is -0.546. The van der Waals surface area contributed by atoms with Crippen LogP contribution < -0.4 is 10.6 Å². The standard InChI is InChI=1S/C17H28N2O3S/c1-12(2)14(19-15(21)13-7-5-10-23-13)16(22)18-9-6-8-17(3,4)11-20/h5,7,10,12,14,20H,6,8-9,11H2,1-4H3,(H,18,22)(H,19,21)/t14-/m1/s1. The topological polar surface area (TPSA) is 78.4 Å². The van der Waals surface area contributed by atoms with E-state index >= 15 is 0 Å². The van der Waals surface area contributed by atoms with Crippen LogP contribution in [-0.2, 0) is 4.79 Å². The summed E-state index contributed by atoms with van der Waals surface area (Å²) >= 11 is 1.36. The van der Waals surface area contributed by atoms with Crippen LogP contribution in [0.4, 0.5) is 0 Å². The smallest absolute Gasteiger partial charge is 0.262 e. The van der Waals surface area contributed by atoms with Crippen molar-refractivity contribution in [1.29, 1.82) is 0 Å². The molecule has 0 radical (unpaired) electrons. The SMILES string of the molecule is CC(C)[C@@H](NC(=O)c1cccs1)C(=O)NCCCC(C)(C)CO. The van der Waals surface area contributed by atoms with Crippen LogP contribution in [0.5, 0.6) is 0 Å². The van der Waals surface area contributed by atoms with Crippen LogP contribution in [0.2, 0.25) is 0 Å². The van der Waals surface area contributed by atoms with Crippen molar-refractivity contribution in [2.24, 2.45) is 11.3 Å². The first-order chi connectivity index (χ1) is 10.8. The molecule has 23 heavy (non-hydrogen) atoms. The first-order valence-electron chi connectivity index (χ1n) is 8.00. The predicted octanol–water partition coefficient (Wildman–Crippen LogP) is 2.42. The van der Waals surface area contributed by atoms with Crippen molar-refractivity contribution in [3.8, 4) is 0 Å². The molecule has 5 nitrogen and oxygen atoms in total. The summed E-state index contributed by atoms with van der Waals surface area (Å²) in [6, 6.07) is 3.01. The van der Waals surface area contributed by atoms with Gasteiger partial charge in [-0.1, -0.05) is 33.8 Å². The highest BCUT2D eigenvalue weighted by Crippen LogP contribution is 2.20. The molecule has 1 aromatic rings. The van der Waals surface area contributed by atoms with Gasteiger partial charge < -0.3 is 15.7 Å². The van der Waals surface area contributed by atoms with Crippen molar-refractivity contribution in [1.82, 2.24) is 10.6 Å². The maximum absolute atomic E-state index is 12.3. The molecule has 1 aromatic heterocycles. The normalized spacial score (nSPS) is 13.0. The van der Waals surface area contributed by atoms with Gasteiger partial charge in [0.1, 0.15) is 6.04 Å². The molecule has 0 saturated carbocycles. The molecule has 6 heteroatoms. The van der Waals surface area contributed by atoms with Crippen molar-refractivity contribution in [3.05, 3.63) is 22.4 Å². The summed E-state index contributed by atoms with van der Waals surface area (Å²) in [4.78, 5) is 25.0. The number of rotatable bonds is 9. The average Bonchev–Trinajstić information content (AvgIpc) is 3.02. The predicted molar refractivity (Wildman–Crippen MR) is 93.5 cm³/mol. The van der Waals surface area contributed by atoms with Gasteiger partial charge in [0.25, 0.3) is 5.91 Å². The Balaban J connectivity index is 2.47. The van der Waals surface area contributed by atoms with Crippen molar-refractivity contribution in [2.45, 2.75) is 46.6 Å². The molecular weight excluding hydrogens is 312 g/mol. The molecule has 1 atom stereocenters. The number of carbonyl (C=O) groups is 2. The number of hydrogen-bond acceptors (Lipinski definition) is 4. The van der Waals surface area contributed by atoms with E-state index in [4.69, 9.17) is 0 Å². The molecule has 0 bridgehead atoms. The number of aliphatic hydroxyl groups excluding tert-OH is 1. The van der Waals surface area contributed by atoms with Gasteiger partial charge >= 0.3 is 0 Å². The molecule has 0 aliphatic rings. The fourth-order valence-corrected chi connectivity index (χ4v) is 2.75. The van der Waals surface area contributed by atoms with Crippen LogP contribution in [0.1, 0.15) is 50.2 Å². The van der Waals surface area contributed by atoms with Crippen LogP contribution >= 0.6 is 11.3 Å². The summed E-state index contributed by atoms with van der Waals surface area (Å²) in [6.45, 7) is 8.48. The summed E-state index contributed by atoms with van der Waals surface area (Å²) in [5.74, 6) is -0.366. The molecule has 3 N–H and O–H groups in total. The van der Waals surface area contributed by atoms with Crippen LogP contribution in [0.3, 0.4) is 0 Å². The van der Waals surface area contributed by atoms with Gasteiger partial charge in [-0.05, 0) is 35.6 Å². The quantitative estimate of drug-likeness (QED) is 0.604. The third kappa shape index (κ3) is 6.71. The Kier molecular flexibility index (Phi) is 7.72. The first-order valence-corrected chi connectivity index (χ1v) is 8.88. The van der Waals surface area contributed by atoms with Crippen molar-refractivity contribution >= 4 is 23.2 Å². The third-order valence-electron chi connectivity index (χ3n) is 3.74. The number of thiophene rings is 1. The number of aliphatic hydroxyl groups is 1. The van der Waals surface area contributed by atoms with Gasteiger partial charge in [-0.2, -0.15) is 0 Å². The Morgan fingerprint density at radius 1 is 1.35 bits per heavy atom. The van der Waals surface area contributed by atoms with Crippen LogP contribution in [0.15, 0.2) is 17.5 Å². The molecule has 2 amide bonds. The van der Waals surface area contributed by atoms with Crippen molar-refractivity contribution in [3.63, 3.8) is 0 Å². The Morgan fingerprint density at radius 2 is 2.04 bits per heavy atom. The van der Waals surface area contributed by atoms with E-state index in [1.165, 1.54) is 11.3 Å². The van der Waals surface area contributed by atoms with Gasteiger partial charge in [0.05, 0.1) is 4.88 Å². The summed E-state index contributed by atoms with van der Waals surface area (Å²) in [5.41, 5.74) is -0.129. The Labute approximate surface area is 142 Å². The number of nitrogens with one attached hydrogen (secondary N) is 2. The molecule has 0 unspecified atom stereocenters. The summed E-state index contributed by atoms with van der Waals surface area (Å²) in [6.07, 6.45) is 1.63. The van der Waals surface area contributed by atoms with Crippen molar-refractivity contribution < 1.29 is 14.7 Å². The van der Waals surface area contributed by atoms with Crippen LogP contribution in [0, 0.1) is 11.3 Å². The molecule has 0 aromatic carbocycles. The van der Waals surface area contributed by atoms with Crippen molar-refractivity contribution in [2.75, 3.05) is 13.2 Å². The molecule has 0 saturated heterocycles. The summed E-state index contributed by atoms with van der Waals surface area (Å²) in [5, 5.41) is 16.7. The van der Waals surface area contributed by atoms with Crippen LogP contribution in [0.25, 0.3) is 0 Å². The zero-order chi connectivity index (χ0) is 17.5. The minimum absolute atomic E-state index is 0.00722. The first kappa shape index (κ1) is 19.6. The molecular formula is C17H28N2O3S. The van der Waals surface area contributed by atoms with Crippen LogP contribution in [-0.4, -0.2) is 36.1 Å². The fourth-order valence-electron chi connectivity index (χ4n) is 2.12. The lowest BCUT2D eigenvalue weighted by atomic mass is 9.89. The lowest BCUT2D eigenvalue weighted by Crippen LogP contribution is -2.49. The molecule has 130 valence electrons. The highest BCUT2D eigenvalue weighted by Gasteiger charge is 2.25. The van der Waals surface area contributed by atoms with Gasteiger partial charge in [-0.25, -0.2) is 0 Å². The Bertz CT molecular complexity index is 498. The number of carbonyl (C=O) groups excluding carboxylic acids is 2. The number of amides is 2. The van der Waals surface area contributed by atoms with Gasteiger partial charge in [0.15, 0.2) is 0 Å². The Hall–Kier alpha value is -1.40. The highest BCUT2D eigenvalue weighted by molar-refractivity contribution is 7.12. The minimum Gasteiger partial charge on any atom is -0.396 e. The van der Waals surface area contributed by atoms with E-state index in [9.17, 15) is 14.7 Å². The fraction of sp³-hybridized carbons (Fsp3) is 0.647. The lowest BCUT2D eigenvalue weighted by molar-refractivity contribution is -0.123. The van der Waals surface area contributed by atoms with Gasteiger partial charge in [0.2, 0.25) is 5.91 Å². The second kappa shape index (κ2) is 9.03. The van der Waals surface area contributed by atoms with E-state index in [0.29, 0.717) is 11.4 Å². The van der Waals surface area contributed by atoms with E-state index < -0.39 is 6.04 Å². The Morgan fingerprint density at radius 3 is 2.57 bits per heavy atom. The van der Waals surface area contributed by atoms with Gasteiger partial charge in [-0.15, -0.1) is 11.3 Å². The second-order valence-corrected chi connectivity index (χ2v) is 7.84. The third-order valence-corrected chi connectivity index (χ3v) is 4.61. The lowest BCUT2D eigenvalue weighted by Gasteiger charge is -2.23. The monoisotopic (exact) mass is 340 g/mol. The molecule has 0 aliphatic carbocycles.